The Morgan fingerprint density at radius 3 is 1.88 bits per heavy atom. The van der Waals surface area contributed by atoms with Crippen LogP contribution in [0.3, 0.4) is 0 Å². The minimum absolute atomic E-state index is 0.0386. The van der Waals surface area contributed by atoms with Crippen molar-refractivity contribution in [3.63, 3.8) is 0 Å². The van der Waals surface area contributed by atoms with Crippen molar-refractivity contribution in [2.45, 2.75) is 57.9 Å². The molecule has 1 fully saturated rings. The van der Waals surface area contributed by atoms with Crippen LogP contribution in [0.4, 0.5) is 26.3 Å². The summed E-state index contributed by atoms with van der Waals surface area (Å²) in [4.78, 5) is 26.2. The number of alkyl halides is 6. The Hall–Kier alpha value is -2.30. The van der Waals surface area contributed by atoms with Gasteiger partial charge in [0.15, 0.2) is 0 Å². The maximum atomic E-state index is 13.0. The fourth-order valence-electron chi connectivity index (χ4n) is 3.64. The van der Waals surface area contributed by atoms with E-state index in [2.05, 4.69) is 10.6 Å². The zero-order valence-electron chi connectivity index (χ0n) is 18.8. The molecule has 1 heterocycles. The topological polar surface area (TPSA) is 61.4 Å². The highest BCUT2D eigenvalue weighted by Gasteiger charge is 2.37. The molecule has 1 aliphatic heterocycles. The molecular formula is C22H29F6N3O2. The molecule has 2 amide bonds. The van der Waals surface area contributed by atoms with Crippen LogP contribution in [0.2, 0.25) is 0 Å². The molecule has 1 aromatic rings. The second kappa shape index (κ2) is 10.3. The van der Waals surface area contributed by atoms with Crippen molar-refractivity contribution in [2.24, 2.45) is 5.92 Å². The third-order valence-electron chi connectivity index (χ3n) is 5.19. The number of likely N-dealkylation sites (tertiary alicyclic amines) is 1. The van der Waals surface area contributed by atoms with Gasteiger partial charge in [-0.1, -0.05) is 0 Å². The Balaban J connectivity index is 1.86. The average molecular weight is 481 g/mol. The highest BCUT2D eigenvalue weighted by atomic mass is 19.4. The van der Waals surface area contributed by atoms with Crippen LogP contribution in [0.15, 0.2) is 18.2 Å². The molecule has 0 spiro atoms. The van der Waals surface area contributed by atoms with E-state index in [4.69, 9.17) is 0 Å². The van der Waals surface area contributed by atoms with Gasteiger partial charge in [-0.2, -0.15) is 26.3 Å². The van der Waals surface area contributed by atoms with Gasteiger partial charge in [-0.25, -0.2) is 0 Å². The summed E-state index contributed by atoms with van der Waals surface area (Å²) in [6.45, 7) is 7.52. The Labute approximate surface area is 188 Å². The number of amides is 2. The Morgan fingerprint density at radius 2 is 1.42 bits per heavy atom. The van der Waals surface area contributed by atoms with Crippen LogP contribution in [-0.2, 0) is 28.4 Å². The van der Waals surface area contributed by atoms with Gasteiger partial charge in [0, 0.05) is 12.1 Å². The molecule has 5 nitrogen and oxygen atoms in total. The molecule has 0 radical (unpaired) electrons. The van der Waals surface area contributed by atoms with Crippen molar-refractivity contribution in [3.05, 3.63) is 34.9 Å². The molecule has 186 valence electrons. The number of nitrogens with zero attached hydrogens (tertiary/aromatic N) is 1. The van der Waals surface area contributed by atoms with E-state index < -0.39 is 35.8 Å². The number of hydrogen-bond donors (Lipinski definition) is 2. The first-order valence-electron chi connectivity index (χ1n) is 10.6. The van der Waals surface area contributed by atoms with E-state index in [1.807, 2.05) is 25.7 Å². The Morgan fingerprint density at radius 1 is 0.909 bits per heavy atom. The molecule has 1 aromatic carbocycles. The van der Waals surface area contributed by atoms with Gasteiger partial charge in [0.1, 0.15) is 0 Å². The summed E-state index contributed by atoms with van der Waals surface area (Å²) in [5.74, 6) is -0.605. The monoisotopic (exact) mass is 481 g/mol. The molecule has 11 heteroatoms. The first-order chi connectivity index (χ1) is 15.0. The average Bonchev–Trinajstić information content (AvgIpc) is 2.64. The number of nitrogens with one attached hydrogen (secondary N) is 2. The van der Waals surface area contributed by atoms with E-state index in [1.165, 1.54) is 0 Å². The number of rotatable bonds is 6. The van der Waals surface area contributed by atoms with Gasteiger partial charge in [0.25, 0.3) is 0 Å². The molecule has 0 unspecified atom stereocenters. The van der Waals surface area contributed by atoms with Crippen LogP contribution >= 0.6 is 0 Å². The second-order valence-electron chi connectivity index (χ2n) is 9.41. The summed E-state index contributed by atoms with van der Waals surface area (Å²) in [7, 11) is 0. The summed E-state index contributed by atoms with van der Waals surface area (Å²) in [6.07, 6.45) is -9.07. The summed E-state index contributed by atoms with van der Waals surface area (Å²) in [6, 6.07) is 1.17. The molecule has 0 bridgehead atoms. The van der Waals surface area contributed by atoms with Crippen LogP contribution in [-0.4, -0.2) is 48.4 Å². The van der Waals surface area contributed by atoms with Crippen LogP contribution < -0.4 is 10.6 Å². The molecule has 1 aliphatic rings. The SMILES string of the molecule is CC(C)(C)NC(=O)CN1CCC(CNC(=O)Cc2cc(C(F)(F)F)cc(C(F)(F)F)c2)CC1. The third kappa shape index (κ3) is 9.23. The van der Waals surface area contributed by atoms with E-state index in [0.717, 1.165) is 0 Å². The maximum Gasteiger partial charge on any atom is 0.416 e. The smallest absolute Gasteiger partial charge is 0.356 e. The molecule has 1 saturated heterocycles. The van der Waals surface area contributed by atoms with Crippen molar-refractivity contribution < 1.29 is 35.9 Å². The predicted octanol–water partition coefficient (Wildman–Crippen LogP) is 4.01. The number of hydrogen-bond acceptors (Lipinski definition) is 3. The van der Waals surface area contributed by atoms with Crippen LogP contribution in [0.1, 0.15) is 50.3 Å². The van der Waals surface area contributed by atoms with Crippen LogP contribution in [0.25, 0.3) is 0 Å². The lowest BCUT2D eigenvalue weighted by atomic mass is 9.96. The third-order valence-corrected chi connectivity index (χ3v) is 5.19. The number of benzene rings is 1. The minimum Gasteiger partial charge on any atom is -0.356 e. The molecule has 2 N–H and O–H groups in total. The predicted molar refractivity (Wildman–Crippen MR) is 110 cm³/mol. The van der Waals surface area contributed by atoms with Crippen LogP contribution in [0.5, 0.6) is 0 Å². The van der Waals surface area contributed by atoms with Gasteiger partial charge >= 0.3 is 12.4 Å². The first kappa shape index (κ1) is 26.9. The Bertz CT molecular complexity index is 806. The van der Waals surface area contributed by atoms with Crippen molar-refractivity contribution in [1.29, 1.82) is 0 Å². The van der Waals surface area contributed by atoms with Gasteiger partial charge in [0.2, 0.25) is 11.8 Å². The van der Waals surface area contributed by atoms with Gasteiger partial charge in [-0.05, 0) is 76.4 Å². The number of carbonyl (C=O) groups is 2. The quantitative estimate of drug-likeness (QED) is 0.604. The lowest BCUT2D eigenvalue weighted by molar-refractivity contribution is -0.143. The van der Waals surface area contributed by atoms with E-state index in [9.17, 15) is 35.9 Å². The van der Waals surface area contributed by atoms with E-state index in [1.54, 1.807) is 0 Å². The standard InChI is InChI=1S/C22H29F6N3O2/c1-20(2,3)30-19(33)13-31-6-4-14(5-7-31)12-29-18(32)10-15-8-16(21(23,24)25)11-17(9-15)22(26,27)28/h8-9,11,14H,4-7,10,12-13H2,1-3H3,(H,29,32)(H,30,33). The fourth-order valence-corrected chi connectivity index (χ4v) is 3.64. The zero-order chi connectivity index (χ0) is 25.0. The maximum absolute atomic E-state index is 13.0. The lowest BCUT2D eigenvalue weighted by Gasteiger charge is -2.32. The number of carbonyl (C=O) groups excluding carboxylic acids is 2. The van der Waals surface area contributed by atoms with Gasteiger partial charge in [0.05, 0.1) is 24.1 Å². The second-order valence-corrected chi connectivity index (χ2v) is 9.41. The van der Waals surface area contributed by atoms with Gasteiger partial charge < -0.3 is 10.6 Å². The summed E-state index contributed by atoms with van der Waals surface area (Å²) in [5, 5.41) is 5.49. The normalized spacial score (nSPS) is 16.5. The fraction of sp³-hybridized carbons (Fsp3) is 0.636. The van der Waals surface area contributed by atoms with Crippen molar-refractivity contribution >= 4 is 11.8 Å². The molecule has 33 heavy (non-hydrogen) atoms. The first-order valence-corrected chi connectivity index (χ1v) is 10.6. The summed E-state index contributed by atoms with van der Waals surface area (Å²) < 4.78 is 77.8. The highest BCUT2D eigenvalue weighted by Crippen LogP contribution is 2.36. The minimum atomic E-state index is -4.95. The van der Waals surface area contributed by atoms with Gasteiger partial charge in [-0.3, -0.25) is 14.5 Å². The Kier molecular flexibility index (Phi) is 8.42. The number of piperidine rings is 1. The molecular weight excluding hydrogens is 452 g/mol. The molecule has 2 rings (SSSR count). The number of halogens is 6. The van der Waals surface area contributed by atoms with E-state index in [0.29, 0.717) is 38.1 Å². The molecule has 0 atom stereocenters. The van der Waals surface area contributed by atoms with E-state index >= 15 is 0 Å². The largest absolute Gasteiger partial charge is 0.416 e. The van der Waals surface area contributed by atoms with Gasteiger partial charge in [-0.15, -0.1) is 0 Å². The summed E-state index contributed by atoms with van der Waals surface area (Å²) in [5.41, 5.74) is -3.56. The molecule has 0 aliphatic carbocycles. The lowest BCUT2D eigenvalue weighted by Crippen LogP contribution is -2.48. The van der Waals surface area contributed by atoms with Crippen LogP contribution in [0, 0.1) is 5.92 Å². The molecule has 0 aromatic heterocycles. The van der Waals surface area contributed by atoms with Crippen molar-refractivity contribution in [3.8, 4) is 0 Å². The highest BCUT2D eigenvalue weighted by molar-refractivity contribution is 5.79. The van der Waals surface area contributed by atoms with Crippen molar-refractivity contribution in [2.75, 3.05) is 26.2 Å². The van der Waals surface area contributed by atoms with Crippen molar-refractivity contribution in [1.82, 2.24) is 15.5 Å². The molecule has 0 saturated carbocycles. The zero-order valence-corrected chi connectivity index (χ0v) is 18.8. The summed E-state index contributed by atoms with van der Waals surface area (Å²) >= 11 is 0. The van der Waals surface area contributed by atoms with E-state index in [-0.39, 0.29) is 42.1 Å².